The molecule has 0 aliphatic heterocycles. The minimum Gasteiger partial charge on any atom is -0.356 e. The largest absolute Gasteiger partial charge is 0.356 e. The van der Waals surface area contributed by atoms with Crippen molar-refractivity contribution < 1.29 is 0 Å². The Morgan fingerprint density at radius 3 is 2.81 bits per heavy atom. The van der Waals surface area contributed by atoms with Crippen molar-refractivity contribution >= 4 is 21.7 Å². The fourth-order valence-corrected chi connectivity index (χ4v) is 2.93. The number of pyridine rings is 1. The normalized spacial score (nSPS) is 14.7. The summed E-state index contributed by atoms with van der Waals surface area (Å²) >= 11 is 3.56. The van der Waals surface area contributed by atoms with E-state index in [0.717, 1.165) is 30.0 Å². The van der Waals surface area contributed by atoms with Gasteiger partial charge in [-0.05, 0) is 59.6 Å². The Morgan fingerprint density at radius 1 is 1.43 bits per heavy atom. The van der Waals surface area contributed by atoms with Crippen LogP contribution in [0.4, 0.5) is 5.82 Å². The quantitative estimate of drug-likeness (QED) is 0.720. The molecular weight excluding hydrogens is 326 g/mol. The van der Waals surface area contributed by atoms with E-state index in [-0.39, 0.29) is 0 Å². The maximum Gasteiger partial charge on any atom is 0.133 e. The van der Waals surface area contributed by atoms with Crippen LogP contribution in [0.1, 0.15) is 45.6 Å². The standard InChI is InChI=1S/C17H28BrN3/c1-4-7-21(12-14-5-6-14)17-15(8-16(18)11-20-17)10-19-9-13(2)3/h8,11,13-14,19H,4-7,9-10,12H2,1-3H3. The number of anilines is 1. The molecule has 1 aromatic heterocycles. The lowest BCUT2D eigenvalue weighted by Crippen LogP contribution is -2.30. The van der Waals surface area contributed by atoms with Crippen LogP contribution in [-0.2, 0) is 6.54 Å². The van der Waals surface area contributed by atoms with Crippen LogP contribution in [0.2, 0.25) is 0 Å². The van der Waals surface area contributed by atoms with Gasteiger partial charge in [-0.3, -0.25) is 0 Å². The summed E-state index contributed by atoms with van der Waals surface area (Å²) < 4.78 is 1.07. The van der Waals surface area contributed by atoms with Gasteiger partial charge in [-0.1, -0.05) is 20.8 Å². The fourth-order valence-electron chi connectivity index (χ4n) is 2.55. The number of hydrogen-bond donors (Lipinski definition) is 1. The highest BCUT2D eigenvalue weighted by atomic mass is 79.9. The van der Waals surface area contributed by atoms with Gasteiger partial charge in [0.15, 0.2) is 0 Å². The van der Waals surface area contributed by atoms with Crippen molar-refractivity contribution in [2.75, 3.05) is 24.5 Å². The molecule has 0 aromatic carbocycles. The summed E-state index contributed by atoms with van der Waals surface area (Å²) in [5.74, 6) is 2.73. The van der Waals surface area contributed by atoms with E-state index in [1.807, 2.05) is 6.20 Å². The second kappa shape index (κ2) is 8.14. The van der Waals surface area contributed by atoms with Gasteiger partial charge in [0.05, 0.1) is 0 Å². The van der Waals surface area contributed by atoms with E-state index in [2.05, 4.69) is 53.0 Å². The van der Waals surface area contributed by atoms with Crippen molar-refractivity contribution in [1.29, 1.82) is 0 Å². The molecule has 1 aliphatic carbocycles. The highest BCUT2D eigenvalue weighted by Gasteiger charge is 2.25. The van der Waals surface area contributed by atoms with E-state index < -0.39 is 0 Å². The van der Waals surface area contributed by atoms with Crippen LogP contribution in [0.15, 0.2) is 16.7 Å². The molecule has 1 aromatic rings. The lowest BCUT2D eigenvalue weighted by molar-refractivity contribution is 0.550. The molecule has 0 bridgehead atoms. The van der Waals surface area contributed by atoms with Crippen molar-refractivity contribution in [3.63, 3.8) is 0 Å². The lowest BCUT2D eigenvalue weighted by atomic mass is 10.2. The highest BCUT2D eigenvalue weighted by Crippen LogP contribution is 2.32. The van der Waals surface area contributed by atoms with Gasteiger partial charge in [0.1, 0.15) is 5.82 Å². The molecule has 1 heterocycles. The summed E-state index contributed by atoms with van der Waals surface area (Å²) in [7, 11) is 0. The summed E-state index contributed by atoms with van der Waals surface area (Å²) in [6, 6.07) is 2.21. The minimum atomic E-state index is 0.673. The Bertz CT molecular complexity index is 444. The van der Waals surface area contributed by atoms with E-state index in [9.17, 15) is 0 Å². The van der Waals surface area contributed by atoms with Gasteiger partial charge in [-0.2, -0.15) is 0 Å². The first-order valence-corrected chi connectivity index (χ1v) is 8.99. The zero-order valence-corrected chi connectivity index (χ0v) is 15.1. The number of nitrogens with one attached hydrogen (secondary N) is 1. The number of rotatable bonds is 9. The number of halogens is 1. The molecule has 0 saturated heterocycles. The summed E-state index contributed by atoms with van der Waals surface area (Å²) in [6.07, 6.45) is 5.87. The van der Waals surface area contributed by atoms with Crippen LogP contribution in [0.5, 0.6) is 0 Å². The highest BCUT2D eigenvalue weighted by molar-refractivity contribution is 9.10. The monoisotopic (exact) mass is 353 g/mol. The molecule has 1 fully saturated rings. The number of nitrogens with zero attached hydrogens (tertiary/aromatic N) is 2. The smallest absolute Gasteiger partial charge is 0.133 e. The number of hydrogen-bond acceptors (Lipinski definition) is 3. The first-order chi connectivity index (χ1) is 10.1. The molecule has 0 radical (unpaired) electrons. The van der Waals surface area contributed by atoms with Crippen LogP contribution >= 0.6 is 15.9 Å². The molecule has 4 heteroatoms. The van der Waals surface area contributed by atoms with Crippen molar-refractivity contribution in [3.05, 3.63) is 22.3 Å². The molecule has 3 nitrogen and oxygen atoms in total. The third-order valence-corrected chi connectivity index (χ3v) is 4.18. The van der Waals surface area contributed by atoms with Crippen LogP contribution in [0.25, 0.3) is 0 Å². The maximum absolute atomic E-state index is 4.71. The van der Waals surface area contributed by atoms with Crippen molar-refractivity contribution in [1.82, 2.24) is 10.3 Å². The van der Waals surface area contributed by atoms with Gasteiger partial charge >= 0.3 is 0 Å². The first kappa shape index (κ1) is 16.8. The molecule has 0 amide bonds. The van der Waals surface area contributed by atoms with E-state index in [4.69, 9.17) is 4.98 Å². The Balaban J connectivity index is 2.10. The number of aromatic nitrogens is 1. The van der Waals surface area contributed by atoms with Gasteiger partial charge in [0.2, 0.25) is 0 Å². The average Bonchev–Trinajstić information content (AvgIpc) is 3.22. The average molecular weight is 354 g/mol. The van der Waals surface area contributed by atoms with Gasteiger partial charge in [-0.25, -0.2) is 4.98 Å². The molecule has 0 unspecified atom stereocenters. The van der Waals surface area contributed by atoms with Crippen LogP contribution in [-0.4, -0.2) is 24.6 Å². The fraction of sp³-hybridized carbons (Fsp3) is 0.706. The van der Waals surface area contributed by atoms with Crippen molar-refractivity contribution in [2.45, 2.75) is 46.6 Å². The Kier molecular flexibility index (Phi) is 6.49. The second-order valence-corrected chi connectivity index (χ2v) is 7.47. The minimum absolute atomic E-state index is 0.673. The van der Waals surface area contributed by atoms with E-state index in [0.29, 0.717) is 5.92 Å². The molecule has 1 saturated carbocycles. The van der Waals surface area contributed by atoms with Gasteiger partial charge in [0, 0.05) is 35.9 Å². The van der Waals surface area contributed by atoms with Crippen molar-refractivity contribution in [3.8, 4) is 0 Å². The zero-order valence-electron chi connectivity index (χ0n) is 13.5. The van der Waals surface area contributed by atoms with E-state index >= 15 is 0 Å². The van der Waals surface area contributed by atoms with Crippen LogP contribution < -0.4 is 10.2 Å². The zero-order chi connectivity index (χ0) is 15.2. The second-order valence-electron chi connectivity index (χ2n) is 6.55. The van der Waals surface area contributed by atoms with Crippen molar-refractivity contribution in [2.24, 2.45) is 11.8 Å². The predicted octanol–water partition coefficient (Wildman–Crippen LogP) is 4.22. The first-order valence-electron chi connectivity index (χ1n) is 8.20. The molecular formula is C17H28BrN3. The van der Waals surface area contributed by atoms with Gasteiger partial charge < -0.3 is 10.2 Å². The summed E-state index contributed by atoms with van der Waals surface area (Å²) in [4.78, 5) is 7.20. The Hall–Kier alpha value is -0.610. The molecule has 118 valence electrons. The topological polar surface area (TPSA) is 28.2 Å². The SMILES string of the molecule is CCCN(CC1CC1)c1ncc(Br)cc1CNCC(C)C. The summed E-state index contributed by atoms with van der Waals surface area (Å²) in [6.45, 7) is 10.9. The van der Waals surface area contributed by atoms with Crippen LogP contribution in [0, 0.1) is 11.8 Å². The summed E-state index contributed by atoms with van der Waals surface area (Å²) in [5, 5.41) is 3.55. The third-order valence-electron chi connectivity index (χ3n) is 3.75. The van der Waals surface area contributed by atoms with Gasteiger partial charge in [0.25, 0.3) is 0 Å². The molecule has 21 heavy (non-hydrogen) atoms. The third kappa shape index (κ3) is 5.59. The van der Waals surface area contributed by atoms with E-state index in [1.54, 1.807) is 0 Å². The molecule has 1 N–H and O–H groups in total. The van der Waals surface area contributed by atoms with Crippen LogP contribution in [0.3, 0.4) is 0 Å². The molecule has 2 rings (SSSR count). The van der Waals surface area contributed by atoms with Gasteiger partial charge in [-0.15, -0.1) is 0 Å². The summed E-state index contributed by atoms with van der Waals surface area (Å²) in [5.41, 5.74) is 1.30. The maximum atomic E-state index is 4.71. The lowest BCUT2D eigenvalue weighted by Gasteiger charge is -2.26. The Labute approximate surface area is 137 Å². The Morgan fingerprint density at radius 2 is 2.19 bits per heavy atom. The molecule has 0 spiro atoms. The van der Waals surface area contributed by atoms with E-state index in [1.165, 1.54) is 37.2 Å². The molecule has 0 atom stereocenters. The predicted molar refractivity (Wildman–Crippen MR) is 93.7 cm³/mol. The molecule has 1 aliphatic rings.